The van der Waals surface area contributed by atoms with Gasteiger partial charge in [0.25, 0.3) is 5.56 Å². The molecule has 4 heterocycles. The fraction of sp³-hybridized carbons (Fsp3) is 0.444. The molecule has 25 heavy (non-hydrogen) atoms. The summed E-state index contributed by atoms with van der Waals surface area (Å²) in [7, 11) is 0. The molecule has 0 fully saturated rings. The topological polar surface area (TPSA) is 77.1 Å². The van der Waals surface area contributed by atoms with Crippen LogP contribution in [0.4, 0.5) is 0 Å². The maximum atomic E-state index is 12.3. The van der Waals surface area contributed by atoms with Gasteiger partial charge in [-0.1, -0.05) is 13.0 Å². The van der Waals surface area contributed by atoms with Crippen LogP contribution in [0.3, 0.4) is 0 Å². The summed E-state index contributed by atoms with van der Waals surface area (Å²) in [6.45, 7) is 5.43. The first kappa shape index (κ1) is 16.0. The lowest BCUT2D eigenvalue weighted by atomic mass is 10.1. The summed E-state index contributed by atoms with van der Waals surface area (Å²) in [6.07, 6.45) is 4.57. The van der Waals surface area contributed by atoms with Crippen LogP contribution in [0.1, 0.15) is 36.3 Å². The molecule has 7 heteroatoms. The van der Waals surface area contributed by atoms with E-state index in [0.717, 1.165) is 54.4 Å². The Morgan fingerprint density at radius 3 is 3.08 bits per heavy atom. The molecule has 3 aromatic heterocycles. The van der Waals surface area contributed by atoms with Crippen LogP contribution in [-0.2, 0) is 25.9 Å². The van der Waals surface area contributed by atoms with Crippen LogP contribution in [0, 0.1) is 6.92 Å². The second-order valence-electron chi connectivity index (χ2n) is 6.57. The van der Waals surface area contributed by atoms with Gasteiger partial charge in [-0.05, 0) is 25.0 Å². The smallest absolute Gasteiger partial charge is 0.258 e. The molecular weight excluding hydrogens is 316 g/mol. The maximum absolute atomic E-state index is 12.3. The number of hydrogen-bond donors (Lipinski definition) is 1. The van der Waals surface area contributed by atoms with Gasteiger partial charge in [0.15, 0.2) is 5.82 Å². The fourth-order valence-corrected chi connectivity index (χ4v) is 3.33. The molecule has 0 saturated carbocycles. The lowest BCUT2D eigenvalue weighted by molar-refractivity contribution is 0.356. The van der Waals surface area contributed by atoms with Gasteiger partial charge < -0.3 is 5.32 Å². The number of nitrogens with zero attached hydrogens (tertiary/aromatic N) is 5. The van der Waals surface area contributed by atoms with Gasteiger partial charge in [-0.3, -0.25) is 9.20 Å². The molecule has 4 rings (SSSR count). The minimum atomic E-state index is -0.0414. The Labute approximate surface area is 145 Å². The molecule has 0 saturated heterocycles. The summed E-state index contributed by atoms with van der Waals surface area (Å²) < 4.78 is 3.60. The SMILES string of the molecule is CCc1nc2n(n1)CC(NCc1cc(=O)n3cccc(C)c3n1)CC2. The number of aryl methyl sites for hydroxylation is 3. The molecule has 0 bridgehead atoms. The van der Waals surface area contributed by atoms with E-state index in [0.29, 0.717) is 12.6 Å². The first-order chi connectivity index (χ1) is 12.1. The Balaban J connectivity index is 1.49. The maximum Gasteiger partial charge on any atom is 0.258 e. The van der Waals surface area contributed by atoms with Crippen LogP contribution in [0.2, 0.25) is 0 Å². The van der Waals surface area contributed by atoms with E-state index in [9.17, 15) is 4.79 Å². The highest BCUT2D eigenvalue weighted by Crippen LogP contribution is 2.14. The van der Waals surface area contributed by atoms with Gasteiger partial charge >= 0.3 is 0 Å². The van der Waals surface area contributed by atoms with Crippen molar-refractivity contribution in [1.29, 1.82) is 0 Å². The third kappa shape index (κ3) is 3.07. The molecule has 7 nitrogen and oxygen atoms in total. The molecule has 130 valence electrons. The first-order valence-electron chi connectivity index (χ1n) is 8.78. The summed E-state index contributed by atoms with van der Waals surface area (Å²) in [5.74, 6) is 1.99. The predicted octanol–water partition coefficient (Wildman–Crippen LogP) is 1.26. The number of rotatable bonds is 4. The molecule has 0 radical (unpaired) electrons. The fourth-order valence-electron chi connectivity index (χ4n) is 3.33. The lowest BCUT2D eigenvalue weighted by Crippen LogP contribution is -2.37. The van der Waals surface area contributed by atoms with E-state index in [-0.39, 0.29) is 5.56 Å². The average Bonchev–Trinajstić information content (AvgIpc) is 3.03. The van der Waals surface area contributed by atoms with E-state index in [1.165, 1.54) is 0 Å². The molecule has 1 aliphatic heterocycles. The summed E-state index contributed by atoms with van der Waals surface area (Å²) in [6, 6.07) is 5.76. The lowest BCUT2D eigenvalue weighted by Gasteiger charge is -2.23. The Bertz CT molecular complexity index is 973. The van der Waals surface area contributed by atoms with Gasteiger partial charge in [0.2, 0.25) is 0 Å². The van der Waals surface area contributed by atoms with Gasteiger partial charge in [0.05, 0.1) is 12.2 Å². The van der Waals surface area contributed by atoms with E-state index in [2.05, 4.69) is 27.3 Å². The van der Waals surface area contributed by atoms with E-state index in [1.807, 2.05) is 23.7 Å². The Morgan fingerprint density at radius 2 is 2.24 bits per heavy atom. The predicted molar refractivity (Wildman–Crippen MR) is 94.5 cm³/mol. The Kier molecular flexibility index (Phi) is 4.09. The second kappa shape index (κ2) is 6.40. The van der Waals surface area contributed by atoms with Crippen LogP contribution < -0.4 is 10.9 Å². The van der Waals surface area contributed by atoms with Crippen LogP contribution in [0.5, 0.6) is 0 Å². The van der Waals surface area contributed by atoms with Crippen molar-refractivity contribution in [1.82, 2.24) is 29.5 Å². The van der Waals surface area contributed by atoms with Crippen molar-refractivity contribution in [2.24, 2.45) is 0 Å². The van der Waals surface area contributed by atoms with Gasteiger partial charge in [0, 0.05) is 37.7 Å². The average molecular weight is 338 g/mol. The monoisotopic (exact) mass is 338 g/mol. The van der Waals surface area contributed by atoms with Crippen molar-refractivity contribution in [3.63, 3.8) is 0 Å². The molecular formula is C18H22N6O. The summed E-state index contributed by atoms with van der Waals surface area (Å²) in [5, 5.41) is 8.06. The number of nitrogens with one attached hydrogen (secondary N) is 1. The van der Waals surface area contributed by atoms with Crippen molar-refractivity contribution in [2.45, 2.75) is 52.2 Å². The van der Waals surface area contributed by atoms with Crippen molar-refractivity contribution in [3.05, 3.63) is 57.7 Å². The number of pyridine rings is 1. The van der Waals surface area contributed by atoms with Crippen molar-refractivity contribution in [3.8, 4) is 0 Å². The van der Waals surface area contributed by atoms with Crippen molar-refractivity contribution in [2.75, 3.05) is 0 Å². The molecule has 3 aromatic rings. The highest BCUT2D eigenvalue weighted by Gasteiger charge is 2.21. The number of aromatic nitrogens is 5. The second-order valence-corrected chi connectivity index (χ2v) is 6.57. The largest absolute Gasteiger partial charge is 0.307 e. The third-order valence-corrected chi connectivity index (χ3v) is 4.73. The van der Waals surface area contributed by atoms with Crippen molar-refractivity contribution < 1.29 is 0 Å². The molecule has 1 N–H and O–H groups in total. The molecule has 1 unspecified atom stereocenters. The minimum Gasteiger partial charge on any atom is -0.307 e. The van der Waals surface area contributed by atoms with E-state index in [1.54, 1.807) is 16.7 Å². The van der Waals surface area contributed by atoms with Gasteiger partial charge in [-0.15, -0.1) is 0 Å². The Morgan fingerprint density at radius 1 is 1.36 bits per heavy atom. The van der Waals surface area contributed by atoms with Crippen LogP contribution in [0.25, 0.3) is 5.65 Å². The molecule has 0 amide bonds. The van der Waals surface area contributed by atoms with E-state index >= 15 is 0 Å². The highest BCUT2D eigenvalue weighted by molar-refractivity contribution is 5.46. The standard InChI is InChI=1S/C18H22N6O/c1-3-15-21-16-7-6-13(11-24(16)22-15)19-10-14-9-17(25)23-8-4-5-12(2)18(23)20-14/h4-5,8-9,13,19H,3,6-7,10-11H2,1-2H3. The summed E-state index contributed by atoms with van der Waals surface area (Å²) >= 11 is 0. The zero-order valence-electron chi connectivity index (χ0n) is 14.6. The quantitative estimate of drug-likeness (QED) is 0.775. The molecule has 1 aliphatic rings. The van der Waals surface area contributed by atoms with Gasteiger partial charge in [-0.2, -0.15) is 5.10 Å². The van der Waals surface area contributed by atoms with Crippen LogP contribution in [0.15, 0.2) is 29.2 Å². The van der Waals surface area contributed by atoms with Gasteiger partial charge in [0.1, 0.15) is 11.5 Å². The van der Waals surface area contributed by atoms with Crippen LogP contribution >= 0.6 is 0 Å². The number of hydrogen-bond acceptors (Lipinski definition) is 5. The minimum absolute atomic E-state index is 0.0414. The molecule has 0 aliphatic carbocycles. The molecule has 1 atom stereocenters. The zero-order chi connectivity index (χ0) is 17.4. The summed E-state index contributed by atoms with van der Waals surface area (Å²) in [4.78, 5) is 21.5. The van der Waals surface area contributed by atoms with E-state index in [4.69, 9.17) is 0 Å². The normalized spacial score (nSPS) is 17.0. The first-order valence-corrected chi connectivity index (χ1v) is 8.78. The summed E-state index contributed by atoms with van der Waals surface area (Å²) in [5.41, 5.74) is 2.46. The zero-order valence-corrected chi connectivity index (χ0v) is 14.6. The third-order valence-electron chi connectivity index (χ3n) is 4.73. The molecule has 0 aromatic carbocycles. The highest BCUT2D eigenvalue weighted by atomic mass is 16.1. The molecule has 0 spiro atoms. The number of fused-ring (bicyclic) bond motifs is 2. The van der Waals surface area contributed by atoms with Crippen LogP contribution in [-0.4, -0.2) is 30.2 Å². The Hall–Kier alpha value is -2.54. The van der Waals surface area contributed by atoms with Gasteiger partial charge in [-0.25, -0.2) is 14.6 Å². The van der Waals surface area contributed by atoms with Crippen molar-refractivity contribution >= 4 is 5.65 Å². The van der Waals surface area contributed by atoms with E-state index < -0.39 is 0 Å².